The second-order valence-corrected chi connectivity index (χ2v) is 8.51. The van der Waals surface area contributed by atoms with Crippen molar-refractivity contribution in [2.24, 2.45) is 10.4 Å². The van der Waals surface area contributed by atoms with Crippen molar-refractivity contribution in [2.75, 3.05) is 27.2 Å². The van der Waals surface area contributed by atoms with E-state index in [4.69, 9.17) is 0 Å². The van der Waals surface area contributed by atoms with E-state index in [0.717, 1.165) is 12.5 Å². The number of nitrogens with zero attached hydrogens (tertiary/aromatic N) is 1. The lowest BCUT2D eigenvalue weighted by atomic mass is 9.73. The van der Waals surface area contributed by atoms with E-state index in [9.17, 15) is 4.79 Å². The van der Waals surface area contributed by atoms with Crippen molar-refractivity contribution in [3.8, 4) is 0 Å². The Hall–Kier alpha value is -0.830. The van der Waals surface area contributed by atoms with Crippen LogP contribution in [0.5, 0.6) is 0 Å². The summed E-state index contributed by atoms with van der Waals surface area (Å²) in [5.74, 6) is 0.788. The maximum Gasteiger partial charge on any atom is 0.227 e. The molecule has 0 bridgehead atoms. The summed E-state index contributed by atoms with van der Waals surface area (Å²) in [4.78, 5) is 17.7. The average molecular weight is 492 g/mol. The molecule has 1 amide bonds. The molecular weight excluding hydrogens is 459 g/mol. The molecule has 1 aliphatic rings. The lowest BCUT2D eigenvalue weighted by Gasteiger charge is -2.37. The smallest absolute Gasteiger partial charge is 0.227 e. The van der Waals surface area contributed by atoms with Crippen LogP contribution in [-0.4, -0.2) is 39.1 Å². The van der Waals surface area contributed by atoms with Crippen LogP contribution in [0.2, 0.25) is 0 Å². The Kier molecular flexibility index (Phi) is 9.36. The Morgan fingerprint density at radius 3 is 2.50 bits per heavy atom. The number of carbonyl (C=O) groups excluding carboxylic acids is 1. The molecule has 0 spiro atoms. The van der Waals surface area contributed by atoms with Gasteiger partial charge in [-0.2, -0.15) is 0 Å². The van der Waals surface area contributed by atoms with Crippen molar-refractivity contribution in [2.45, 2.75) is 51.4 Å². The highest BCUT2D eigenvalue weighted by Gasteiger charge is 2.35. The van der Waals surface area contributed by atoms with E-state index in [0.29, 0.717) is 6.54 Å². The fraction of sp³-hybridized carbons (Fsp3) is 0.684. The summed E-state index contributed by atoms with van der Waals surface area (Å²) in [6.45, 7) is 5.28. The third-order valence-electron chi connectivity index (χ3n) is 5.21. The standard InChI is InChI=1S/C19H32N4OS.HI/c1-18(2,16(24)20-3)13-22-17(21-4)23-14-19(10-6-5-7-11-19)15-9-8-12-25-15;/h8-9,12H,5-7,10-11,13-14H2,1-4H3,(H,20,24)(H2,21,22,23);1H. The number of nitrogens with one attached hydrogen (secondary N) is 3. The Labute approximate surface area is 178 Å². The van der Waals surface area contributed by atoms with Crippen LogP contribution in [0.15, 0.2) is 22.5 Å². The molecule has 0 atom stereocenters. The second-order valence-electron chi connectivity index (χ2n) is 7.56. The quantitative estimate of drug-likeness (QED) is 0.324. The molecule has 0 aromatic carbocycles. The average Bonchev–Trinajstić information content (AvgIpc) is 3.17. The second kappa shape index (κ2) is 10.5. The molecule has 7 heteroatoms. The zero-order valence-corrected chi connectivity index (χ0v) is 19.5. The monoisotopic (exact) mass is 492 g/mol. The van der Waals surface area contributed by atoms with E-state index in [1.165, 1.54) is 37.0 Å². The van der Waals surface area contributed by atoms with Gasteiger partial charge >= 0.3 is 0 Å². The summed E-state index contributed by atoms with van der Waals surface area (Å²) < 4.78 is 0. The van der Waals surface area contributed by atoms with Crippen molar-refractivity contribution < 1.29 is 4.79 Å². The number of rotatable bonds is 6. The first-order valence-electron chi connectivity index (χ1n) is 9.14. The van der Waals surface area contributed by atoms with Crippen molar-refractivity contribution in [3.63, 3.8) is 0 Å². The van der Waals surface area contributed by atoms with E-state index in [2.05, 4.69) is 38.5 Å². The van der Waals surface area contributed by atoms with Gasteiger partial charge in [0.05, 0.1) is 5.41 Å². The Morgan fingerprint density at radius 1 is 1.27 bits per heavy atom. The molecule has 1 fully saturated rings. The number of hydrogen-bond donors (Lipinski definition) is 3. The molecule has 1 saturated carbocycles. The van der Waals surface area contributed by atoms with Crippen molar-refractivity contribution in [1.82, 2.24) is 16.0 Å². The minimum Gasteiger partial charge on any atom is -0.359 e. The first-order valence-corrected chi connectivity index (χ1v) is 10.0. The van der Waals surface area contributed by atoms with Gasteiger partial charge in [-0.05, 0) is 38.1 Å². The molecule has 1 heterocycles. The molecule has 0 saturated heterocycles. The van der Waals surface area contributed by atoms with Gasteiger partial charge in [-0.1, -0.05) is 25.3 Å². The normalized spacial score (nSPS) is 17.2. The third kappa shape index (κ3) is 5.84. The topological polar surface area (TPSA) is 65.5 Å². The van der Waals surface area contributed by atoms with Crippen LogP contribution in [0.1, 0.15) is 50.8 Å². The van der Waals surface area contributed by atoms with E-state index in [-0.39, 0.29) is 35.3 Å². The van der Waals surface area contributed by atoms with Gasteiger partial charge in [0.2, 0.25) is 5.91 Å². The van der Waals surface area contributed by atoms with Crippen LogP contribution >= 0.6 is 35.3 Å². The number of hydrogen-bond acceptors (Lipinski definition) is 3. The number of thiophene rings is 1. The van der Waals surface area contributed by atoms with Crippen LogP contribution in [0.25, 0.3) is 0 Å². The molecule has 148 valence electrons. The van der Waals surface area contributed by atoms with E-state index < -0.39 is 5.41 Å². The Balaban J connectivity index is 0.00000338. The van der Waals surface area contributed by atoms with Gasteiger partial charge in [-0.25, -0.2) is 0 Å². The predicted molar refractivity (Wildman–Crippen MR) is 122 cm³/mol. The highest BCUT2D eigenvalue weighted by Crippen LogP contribution is 2.41. The van der Waals surface area contributed by atoms with E-state index in [1.54, 1.807) is 14.1 Å². The van der Waals surface area contributed by atoms with Crippen LogP contribution in [0.4, 0.5) is 0 Å². The molecule has 3 N–H and O–H groups in total. The summed E-state index contributed by atoms with van der Waals surface area (Å²) in [6, 6.07) is 4.41. The summed E-state index contributed by atoms with van der Waals surface area (Å²) in [5.41, 5.74) is -0.275. The Bertz CT molecular complexity index is 580. The maximum atomic E-state index is 11.9. The zero-order valence-electron chi connectivity index (χ0n) is 16.4. The van der Waals surface area contributed by atoms with Crippen molar-refractivity contribution in [1.29, 1.82) is 0 Å². The number of amides is 1. The summed E-state index contributed by atoms with van der Waals surface area (Å²) in [5, 5.41) is 11.7. The fourth-order valence-electron chi connectivity index (χ4n) is 3.52. The van der Waals surface area contributed by atoms with Crippen molar-refractivity contribution in [3.05, 3.63) is 22.4 Å². The largest absolute Gasteiger partial charge is 0.359 e. The first-order chi connectivity index (χ1) is 11.9. The number of aliphatic imine (C=N–C) groups is 1. The Morgan fingerprint density at radius 2 is 1.96 bits per heavy atom. The highest BCUT2D eigenvalue weighted by atomic mass is 127. The van der Waals surface area contributed by atoms with Crippen LogP contribution in [0.3, 0.4) is 0 Å². The lowest BCUT2D eigenvalue weighted by Crippen LogP contribution is -2.50. The fourth-order valence-corrected chi connectivity index (χ4v) is 4.50. The predicted octanol–water partition coefficient (Wildman–Crippen LogP) is 3.51. The number of carbonyl (C=O) groups is 1. The molecule has 1 aromatic heterocycles. The summed E-state index contributed by atoms with van der Waals surface area (Å²) >= 11 is 1.86. The van der Waals surface area contributed by atoms with Gasteiger partial charge in [0, 0.05) is 37.5 Å². The van der Waals surface area contributed by atoms with E-state index in [1.807, 2.05) is 25.2 Å². The molecule has 1 aromatic rings. The van der Waals surface area contributed by atoms with Gasteiger partial charge in [0.15, 0.2) is 5.96 Å². The van der Waals surface area contributed by atoms with Gasteiger partial charge in [0.1, 0.15) is 0 Å². The third-order valence-corrected chi connectivity index (χ3v) is 6.33. The summed E-state index contributed by atoms with van der Waals surface area (Å²) in [6.07, 6.45) is 6.35. The zero-order chi connectivity index (χ0) is 18.3. The maximum absolute atomic E-state index is 11.9. The number of halogens is 1. The van der Waals surface area contributed by atoms with Gasteiger partial charge in [-0.3, -0.25) is 9.79 Å². The molecule has 2 rings (SSSR count). The van der Waals surface area contributed by atoms with Gasteiger partial charge in [-0.15, -0.1) is 35.3 Å². The molecule has 1 aliphatic carbocycles. The molecule has 5 nitrogen and oxygen atoms in total. The van der Waals surface area contributed by atoms with Crippen LogP contribution < -0.4 is 16.0 Å². The van der Waals surface area contributed by atoms with Gasteiger partial charge < -0.3 is 16.0 Å². The molecule has 0 unspecified atom stereocenters. The summed E-state index contributed by atoms with van der Waals surface area (Å²) in [7, 11) is 3.45. The molecular formula is C19H33IN4OS. The minimum absolute atomic E-state index is 0. The first kappa shape index (κ1) is 23.2. The van der Waals surface area contributed by atoms with Crippen LogP contribution in [0, 0.1) is 5.41 Å². The SMILES string of the molecule is CN=C(NCC(C)(C)C(=O)NC)NCC1(c2cccs2)CCCCC1.I. The molecule has 0 radical (unpaired) electrons. The number of guanidine groups is 1. The van der Waals surface area contributed by atoms with Gasteiger partial charge in [0.25, 0.3) is 0 Å². The van der Waals surface area contributed by atoms with Crippen molar-refractivity contribution >= 4 is 47.2 Å². The minimum atomic E-state index is -0.483. The molecule has 0 aliphatic heterocycles. The highest BCUT2D eigenvalue weighted by molar-refractivity contribution is 14.0. The van der Waals surface area contributed by atoms with E-state index >= 15 is 0 Å². The van der Waals surface area contributed by atoms with Crippen LogP contribution in [-0.2, 0) is 10.2 Å². The lowest BCUT2D eigenvalue weighted by molar-refractivity contribution is -0.128. The molecule has 26 heavy (non-hydrogen) atoms.